The second-order valence-corrected chi connectivity index (χ2v) is 7.14. The predicted molar refractivity (Wildman–Crippen MR) is 105 cm³/mol. The van der Waals surface area contributed by atoms with Crippen molar-refractivity contribution in [1.82, 2.24) is 0 Å². The molecule has 0 heterocycles. The Morgan fingerprint density at radius 2 is 1.21 bits per heavy atom. The van der Waals surface area contributed by atoms with E-state index in [4.69, 9.17) is 10.8 Å². The Morgan fingerprint density at radius 3 is 1.71 bits per heavy atom. The first kappa shape index (κ1) is 23.6. The average molecular weight is 342 g/mol. The molecule has 0 unspecified atom stereocenters. The lowest BCUT2D eigenvalue weighted by Crippen LogP contribution is -2.37. The second kappa shape index (κ2) is 19.0. The van der Waals surface area contributed by atoms with Crippen LogP contribution in [0.15, 0.2) is 12.2 Å². The van der Waals surface area contributed by atoms with Gasteiger partial charge in [-0.1, -0.05) is 83.3 Å². The zero-order chi connectivity index (χ0) is 17.9. The SMILES string of the molecule is CCCCCCCC/C=C\CCCCCCCC[C@@H](O)[C@H](N)CO. The van der Waals surface area contributed by atoms with Crippen LogP contribution in [0.3, 0.4) is 0 Å². The van der Waals surface area contributed by atoms with Gasteiger partial charge in [-0.15, -0.1) is 0 Å². The van der Waals surface area contributed by atoms with Crippen LogP contribution in [0.25, 0.3) is 0 Å². The van der Waals surface area contributed by atoms with E-state index in [0.29, 0.717) is 6.42 Å². The van der Waals surface area contributed by atoms with Crippen LogP contribution >= 0.6 is 0 Å². The summed E-state index contributed by atoms with van der Waals surface area (Å²) in [6.45, 7) is 2.13. The molecule has 0 radical (unpaired) electrons. The van der Waals surface area contributed by atoms with Crippen molar-refractivity contribution in [2.24, 2.45) is 5.73 Å². The number of hydrogen-bond acceptors (Lipinski definition) is 3. The monoisotopic (exact) mass is 341 g/mol. The summed E-state index contributed by atoms with van der Waals surface area (Å²) < 4.78 is 0. The van der Waals surface area contributed by atoms with Gasteiger partial charge in [-0.2, -0.15) is 0 Å². The summed E-state index contributed by atoms with van der Waals surface area (Å²) in [6.07, 6.45) is 22.9. The number of aliphatic hydroxyl groups is 2. The normalized spacial score (nSPS) is 14.3. The minimum atomic E-state index is -0.549. The van der Waals surface area contributed by atoms with E-state index in [1.807, 2.05) is 0 Å². The molecule has 0 bridgehead atoms. The Bertz CT molecular complexity index is 269. The van der Waals surface area contributed by atoms with Gasteiger partial charge in [0.25, 0.3) is 0 Å². The van der Waals surface area contributed by atoms with Crippen molar-refractivity contribution in [2.75, 3.05) is 6.61 Å². The lowest BCUT2D eigenvalue weighted by Gasteiger charge is -2.15. The molecule has 0 aromatic rings. The number of aliphatic hydroxyl groups excluding tert-OH is 2. The molecule has 0 saturated heterocycles. The highest BCUT2D eigenvalue weighted by Gasteiger charge is 2.12. The van der Waals surface area contributed by atoms with Crippen molar-refractivity contribution in [2.45, 2.75) is 115 Å². The summed E-state index contributed by atoms with van der Waals surface area (Å²) >= 11 is 0. The molecule has 3 nitrogen and oxygen atoms in total. The maximum atomic E-state index is 9.64. The van der Waals surface area contributed by atoms with E-state index in [0.717, 1.165) is 12.8 Å². The van der Waals surface area contributed by atoms with E-state index < -0.39 is 12.1 Å². The molecular weight excluding hydrogens is 298 g/mol. The van der Waals surface area contributed by atoms with E-state index >= 15 is 0 Å². The zero-order valence-electron chi connectivity index (χ0n) is 16.1. The quantitative estimate of drug-likeness (QED) is 0.240. The molecule has 0 aliphatic carbocycles. The van der Waals surface area contributed by atoms with E-state index in [2.05, 4.69) is 19.1 Å². The minimum absolute atomic E-state index is 0.131. The third kappa shape index (κ3) is 16.5. The molecule has 24 heavy (non-hydrogen) atoms. The van der Waals surface area contributed by atoms with Crippen molar-refractivity contribution in [3.63, 3.8) is 0 Å². The Kier molecular flexibility index (Phi) is 18.7. The van der Waals surface area contributed by atoms with Crippen LogP contribution in [0, 0.1) is 0 Å². The van der Waals surface area contributed by atoms with E-state index in [9.17, 15) is 5.11 Å². The van der Waals surface area contributed by atoms with E-state index in [1.165, 1.54) is 77.0 Å². The largest absolute Gasteiger partial charge is 0.395 e. The summed E-state index contributed by atoms with van der Waals surface area (Å²) in [5, 5.41) is 18.5. The highest BCUT2D eigenvalue weighted by Crippen LogP contribution is 2.12. The molecule has 0 spiro atoms. The number of unbranched alkanes of at least 4 members (excludes halogenated alkanes) is 12. The van der Waals surface area contributed by atoms with Crippen LogP contribution < -0.4 is 5.73 Å². The first-order valence-electron chi connectivity index (χ1n) is 10.4. The molecule has 144 valence electrons. The smallest absolute Gasteiger partial charge is 0.0713 e. The fraction of sp³-hybridized carbons (Fsp3) is 0.905. The van der Waals surface area contributed by atoms with Crippen LogP contribution in [-0.4, -0.2) is 29.0 Å². The van der Waals surface area contributed by atoms with Crippen LogP contribution in [0.1, 0.15) is 103 Å². The van der Waals surface area contributed by atoms with Gasteiger partial charge < -0.3 is 15.9 Å². The minimum Gasteiger partial charge on any atom is -0.395 e. The van der Waals surface area contributed by atoms with Gasteiger partial charge in [0.15, 0.2) is 0 Å². The Balaban J connectivity index is 3.18. The average Bonchev–Trinajstić information content (AvgIpc) is 2.60. The first-order chi connectivity index (χ1) is 11.7. The molecule has 0 aliphatic heterocycles. The summed E-state index contributed by atoms with van der Waals surface area (Å²) in [7, 11) is 0. The zero-order valence-corrected chi connectivity index (χ0v) is 16.1. The van der Waals surface area contributed by atoms with Gasteiger partial charge in [-0.3, -0.25) is 0 Å². The van der Waals surface area contributed by atoms with Gasteiger partial charge in [-0.25, -0.2) is 0 Å². The second-order valence-electron chi connectivity index (χ2n) is 7.14. The number of hydrogen-bond donors (Lipinski definition) is 3. The lowest BCUT2D eigenvalue weighted by molar-refractivity contribution is 0.0990. The van der Waals surface area contributed by atoms with Gasteiger partial charge in [-0.05, 0) is 32.1 Å². The van der Waals surface area contributed by atoms with Crippen LogP contribution in [-0.2, 0) is 0 Å². The summed E-state index contributed by atoms with van der Waals surface area (Å²) in [5.41, 5.74) is 5.58. The Hall–Kier alpha value is -0.380. The fourth-order valence-corrected chi connectivity index (χ4v) is 2.94. The van der Waals surface area contributed by atoms with Crippen molar-refractivity contribution in [3.05, 3.63) is 12.2 Å². The summed E-state index contributed by atoms with van der Waals surface area (Å²) in [5.74, 6) is 0. The predicted octanol–water partition coefficient (Wildman–Crippen LogP) is 5.09. The third-order valence-electron chi connectivity index (χ3n) is 4.72. The Morgan fingerprint density at radius 1 is 0.750 bits per heavy atom. The molecule has 3 heteroatoms. The van der Waals surface area contributed by atoms with Gasteiger partial charge in [0.2, 0.25) is 0 Å². The summed E-state index contributed by atoms with van der Waals surface area (Å²) in [4.78, 5) is 0. The lowest BCUT2D eigenvalue weighted by atomic mass is 10.0. The van der Waals surface area contributed by atoms with Crippen molar-refractivity contribution in [1.29, 1.82) is 0 Å². The molecule has 2 atom stereocenters. The van der Waals surface area contributed by atoms with Crippen molar-refractivity contribution in [3.8, 4) is 0 Å². The summed E-state index contributed by atoms with van der Waals surface area (Å²) in [6, 6.07) is -0.479. The standard InChI is InChI=1S/C21H43NO2/c1-2-3-4-5-6-7-8-9-10-11-12-13-14-15-16-17-18-21(24)20(22)19-23/h9-10,20-21,23-24H,2-8,11-19,22H2,1H3/b10-9-/t20-,21-/m1/s1. The van der Waals surface area contributed by atoms with Crippen LogP contribution in [0.2, 0.25) is 0 Å². The van der Waals surface area contributed by atoms with Crippen molar-refractivity contribution < 1.29 is 10.2 Å². The molecule has 0 aromatic heterocycles. The van der Waals surface area contributed by atoms with Crippen molar-refractivity contribution >= 4 is 0 Å². The third-order valence-corrected chi connectivity index (χ3v) is 4.72. The van der Waals surface area contributed by atoms with E-state index in [-0.39, 0.29) is 6.61 Å². The highest BCUT2D eigenvalue weighted by molar-refractivity contribution is 4.81. The van der Waals surface area contributed by atoms with E-state index in [1.54, 1.807) is 0 Å². The number of nitrogens with two attached hydrogens (primary N) is 1. The number of rotatable bonds is 18. The van der Waals surface area contributed by atoms with Gasteiger partial charge in [0.05, 0.1) is 18.8 Å². The topological polar surface area (TPSA) is 66.5 Å². The molecule has 0 aromatic carbocycles. The Labute approximate surface area is 150 Å². The first-order valence-corrected chi connectivity index (χ1v) is 10.4. The van der Waals surface area contributed by atoms with Gasteiger partial charge in [0, 0.05) is 0 Å². The molecule has 0 aliphatic rings. The molecule has 0 amide bonds. The fourth-order valence-electron chi connectivity index (χ4n) is 2.94. The molecular formula is C21H43NO2. The number of allylic oxidation sites excluding steroid dienone is 2. The molecule has 0 rings (SSSR count). The van der Waals surface area contributed by atoms with Gasteiger partial charge >= 0.3 is 0 Å². The van der Waals surface area contributed by atoms with Crippen LogP contribution in [0.4, 0.5) is 0 Å². The maximum absolute atomic E-state index is 9.64. The van der Waals surface area contributed by atoms with Gasteiger partial charge in [0.1, 0.15) is 0 Å². The highest BCUT2D eigenvalue weighted by atomic mass is 16.3. The molecule has 0 saturated carbocycles. The molecule has 0 fully saturated rings. The maximum Gasteiger partial charge on any atom is 0.0713 e. The molecule has 4 N–H and O–H groups in total. The van der Waals surface area contributed by atoms with Crippen LogP contribution in [0.5, 0.6) is 0 Å².